The Bertz CT molecular complexity index is 1090. The molecule has 0 atom stereocenters. The maximum absolute atomic E-state index is 14.1. The summed E-state index contributed by atoms with van der Waals surface area (Å²) >= 11 is 5.68. The van der Waals surface area contributed by atoms with Crippen LogP contribution in [0.3, 0.4) is 0 Å². The van der Waals surface area contributed by atoms with Gasteiger partial charge in [-0.15, -0.1) is 0 Å². The van der Waals surface area contributed by atoms with E-state index in [0.717, 1.165) is 18.2 Å². The summed E-state index contributed by atoms with van der Waals surface area (Å²) in [7, 11) is -8.21. The zero-order valence-corrected chi connectivity index (χ0v) is 18.5. The molecule has 11 heteroatoms. The summed E-state index contributed by atoms with van der Waals surface area (Å²) in [6.07, 6.45) is 0. The van der Waals surface area contributed by atoms with Gasteiger partial charge in [0.2, 0.25) is 10.0 Å². The van der Waals surface area contributed by atoms with Crippen LogP contribution in [0, 0.1) is 5.82 Å². The minimum Gasteiger partial charge on any atom is -0.492 e. The van der Waals surface area contributed by atoms with Crippen LogP contribution in [0.1, 0.15) is 20.8 Å². The summed E-state index contributed by atoms with van der Waals surface area (Å²) in [5.41, 5.74) is -0.116. The Balaban J connectivity index is 2.55. The molecular formula is C18H22ClFN2O5S2. The molecule has 1 N–H and O–H groups in total. The number of benzene rings is 2. The summed E-state index contributed by atoms with van der Waals surface area (Å²) < 4.78 is 73.9. The number of nitrogens with one attached hydrogen (secondary N) is 1. The first-order valence-electron chi connectivity index (χ1n) is 8.81. The van der Waals surface area contributed by atoms with Crippen molar-refractivity contribution < 1.29 is 26.0 Å². The van der Waals surface area contributed by atoms with Gasteiger partial charge in [-0.1, -0.05) is 25.4 Å². The van der Waals surface area contributed by atoms with E-state index < -0.39 is 30.8 Å². The van der Waals surface area contributed by atoms with Crippen molar-refractivity contribution in [3.8, 4) is 5.75 Å². The standard InChI is InChI=1S/C18H22ClFN2O5S2/c1-4-22(5-2)29(25,26)14-8-9-17(27-6-3)16(12-14)21-28(23,24)18-10-7-13(19)11-15(18)20/h7-12,21H,4-6H2,1-3H3. The lowest BCUT2D eigenvalue weighted by Gasteiger charge is -2.20. The normalized spacial score (nSPS) is 12.2. The second-order valence-electron chi connectivity index (χ2n) is 5.86. The van der Waals surface area contributed by atoms with Gasteiger partial charge in [0.1, 0.15) is 16.5 Å². The molecule has 0 spiro atoms. The Kier molecular flexibility index (Phi) is 7.50. The number of hydrogen-bond donors (Lipinski definition) is 1. The van der Waals surface area contributed by atoms with Gasteiger partial charge in [-0.25, -0.2) is 21.2 Å². The van der Waals surface area contributed by atoms with Crippen LogP contribution in [0.25, 0.3) is 0 Å². The average Bonchev–Trinajstić information content (AvgIpc) is 2.63. The molecule has 0 radical (unpaired) electrons. The van der Waals surface area contributed by atoms with Crippen LogP contribution in [0.4, 0.5) is 10.1 Å². The SMILES string of the molecule is CCOc1ccc(S(=O)(=O)N(CC)CC)cc1NS(=O)(=O)c1ccc(Cl)cc1F. The zero-order valence-electron chi connectivity index (χ0n) is 16.1. The second kappa shape index (κ2) is 9.29. The van der Waals surface area contributed by atoms with Crippen LogP contribution in [-0.2, 0) is 20.0 Å². The van der Waals surface area contributed by atoms with E-state index >= 15 is 0 Å². The van der Waals surface area contributed by atoms with Gasteiger partial charge in [0.25, 0.3) is 10.0 Å². The van der Waals surface area contributed by atoms with Crippen molar-refractivity contribution in [3.63, 3.8) is 0 Å². The monoisotopic (exact) mass is 464 g/mol. The third-order valence-corrected chi connectivity index (χ3v) is 7.70. The number of rotatable bonds is 9. The minimum atomic E-state index is -4.37. The van der Waals surface area contributed by atoms with Crippen LogP contribution in [0.15, 0.2) is 46.2 Å². The van der Waals surface area contributed by atoms with Crippen molar-refractivity contribution in [2.75, 3.05) is 24.4 Å². The lowest BCUT2D eigenvalue weighted by molar-refractivity contribution is 0.341. The molecule has 2 aromatic rings. The first-order chi connectivity index (χ1) is 13.6. The quantitative estimate of drug-likeness (QED) is 0.610. The molecule has 7 nitrogen and oxygen atoms in total. The predicted octanol–water partition coefficient (Wildman–Crippen LogP) is 3.71. The van der Waals surface area contributed by atoms with Gasteiger partial charge in [0.05, 0.1) is 17.2 Å². The van der Waals surface area contributed by atoms with Crippen LogP contribution in [0.5, 0.6) is 5.75 Å². The predicted molar refractivity (Wildman–Crippen MR) is 110 cm³/mol. The summed E-state index contributed by atoms with van der Waals surface area (Å²) in [6, 6.07) is 6.99. The summed E-state index contributed by atoms with van der Waals surface area (Å²) in [4.78, 5) is -0.736. The number of hydrogen-bond acceptors (Lipinski definition) is 5. The van der Waals surface area contributed by atoms with E-state index in [-0.39, 0.29) is 41.1 Å². The number of anilines is 1. The third-order valence-electron chi connectivity index (χ3n) is 4.02. The third kappa shape index (κ3) is 5.19. The van der Waals surface area contributed by atoms with E-state index in [1.807, 2.05) is 0 Å². The van der Waals surface area contributed by atoms with Crippen LogP contribution in [0.2, 0.25) is 5.02 Å². The summed E-state index contributed by atoms with van der Waals surface area (Å²) in [6.45, 7) is 5.81. The second-order valence-corrected chi connectivity index (χ2v) is 9.89. The van der Waals surface area contributed by atoms with Crippen molar-refractivity contribution in [1.29, 1.82) is 0 Å². The Hall–Kier alpha value is -1.88. The van der Waals surface area contributed by atoms with Gasteiger partial charge < -0.3 is 4.74 Å². The highest BCUT2D eigenvalue weighted by Crippen LogP contribution is 2.32. The van der Waals surface area contributed by atoms with Crippen molar-refractivity contribution in [2.45, 2.75) is 30.6 Å². The van der Waals surface area contributed by atoms with Gasteiger partial charge in [-0.3, -0.25) is 4.72 Å². The summed E-state index contributed by atoms with van der Waals surface area (Å²) in [5.74, 6) is -0.918. The first kappa shape index (κ1) is 23.4. The van der Waals surface area contributed by atoms with E-state index in [2.05, 4.69) is 4.72 Å². The van der Waals surface area contributed by atoms with Gasteiger partial charge in [-0.2, -0.15) is 4.31 Å². The molecule has 0 unspecified atom stereocenters. The maximum atomic E-state index is 14.1. The smallest absolute Gasteiger partial charge is 0.264 e. The molecule has 160 valence electrons. The van der Waals surface area contributed by atoms with Crippen LogP contribution in [-0.4, -0.2) is 40.8 Å². The highest BCUT2D eigenvalue weighted by atomic mass is 35.5. The molecule has 2 aromatic carbocycles. The van der Waals surface area contributed by atoms with Gasteiger partial charge in [0.15, 0.2) is 0 Å². The topological polar surface area (TPSA) is 92.8 Å². The lowest BCUT2D eigenvalue weighted by atomic mass is 10.3. The molecule has 29 heavy (non-hydrogen) atoms. The molecule has 0 amide bonds. The lowest BCUT2D eigenvalue weighted by Crippen LogP contribution is -2.30. The molecule has 0 aliphatic heterocycles. The minimum absolute atomic E-state index is 0.0452. The molecule has 0 bridgehead atoms. The van der Waals surface area contributed by atoms with Crippen LogP contribution < -0.4 is 9.46 Å². The Labute approximate surface area is 175 Å². The Morgan fingerprint density at radius 2 is 1.69 bits per heavy atom. The van der Waals surface area contributed by atoms with Crippen molar-refractivity contribution in [1.82, 2.24) is 4.31 Å². The molecule has 0 aliphatic carbocycles. The van der Waals surface area contributed by atoms with E-state index in [1.165, 1.54) is 22.5 Å². The highest BCUT2D eigenvalue weighted by molar-refractivity contribution is 7.92. The fourth-order valence-electron chi connectivity index (χ4n) is 2.64. The molecular weight excluding hydrogens is 443 g/mol. The van der Waals surface area contributed by atoms with E-state index in [9.17, 15) is 21.2 Å². The molecule has 0 heterocycles. The van der Waals surface area contributed by atoms with E-state index in [0.29, 0.717) is 0 Å². The molecule has 0 saturated carbocycles. The fraction of sp³-hybridized carbons (Fsp3) is 0.333. The maximum Gasteiger partial charge on any atom is 0.264 e. The molecule has 0 fully saturated rings. The van der Waals surface area contributed by atoms with Gasteiger partial charge >= 0.3 is 0 Å². The Morgan fingerprint density at radius 3 is 2.24 bits per heavy atom. The van der Waals surface area contributed by atoms with Crippen molar-refractivity contribution in [2.24, 2.45) is 0 Å². The fourth-order valence-corrected chi connectivity index (χ4v) is 5.40. The summed E-state index contributed by atoms with van der Waals surface area (Å²) in [5, 5.41) is 0.0452. The van der Waals surface area contributed by atoms with Gasteiger partial charge in [-0.05, 0) is 43.3 Å². The zero-order chi connectivity index (χ0) is 21.8. The Morgan fingerprint density at radius 1 is 1.03 bits per heavy atom. The van der Waals surface area contributed by atoms with E-state index in [1.54, 1.807) is 20.8 Å². The van der Waals surface area contributed by atoms with Crippen molar-refractivity contribution in [3.05, 3.63) is 47.2 Å². The first-order valence-corrected chi connectivity index (χ1v) is 12.1. The largest absolute Gasteiger partial charge is 0.492 e. The number of nitrogens with zero attached hydrogens (tertiary/aromatic N) is 1. The highest BCUT2D eigenvalue weighted by Gasteiger charge is 2.25. The van der Waals surface area contributed by atoms with Crippen LogP contribution >= 0.6 is 11.6 Å². The van der Waals surface area contributed by atoms with Crippen molar-refractivity contribution >= 4 is 37.3 Å². The molecule has 0 aromatic heterocycles. The number of ether oxygens (including phenoxy) is 1. The molecule has 2 rings (SSSR count). The van der Waals surface area contributed by atoms with E-state index in [4.69, 9.17) is 16.3 Å². The van der Waals surface area contributed by atoms with Gasteiger partial charge in [0, 0.05) is 18.1 Å². The number of sulfonamides is 2. The molecule has 0 aliphatic rings. The molecule has 0 saturated heterocycles. The average molecular weight is 465 g/mol. The number of halogens is 2.